The van der Waals surface area contributed by atoms with Gasteiger partial charge in [-0.1, -0.05) is 28.1 Å². The first-order chi connectivity index (χ1) is 8.43. The Hall–Kier alpha value is -1.35. The number of hydrogen-bond acceptors (Lipinski definition) is 1. The van der Waals surface area contributed by atoms with E-state index in [9.17, 15) is 4.79 Å². The number of H-pyrrole nitrogens is 1. The molecule has 1 aromatic heterocycles. The lowest BCUT2D eigenvalue weighted by Crippen LogP contribution is -2.06. The van der Waals surface area contributed by atoms with Crippen molar-refractivity contribution in [2.75, 3.05) is 0 Å². The highest BCUT2D eigenvalue weighted by Crippen LogP contribution is 2.24. The molecule has 1 aromatic carbocycles. The van der Waals surface area contributed by atoms with Crippen LogP contribution in [0.1, 0.15) is 38.4 Å². The molecule has 94 valence electrons. The quantitative estimate of drug-likeness (QED) is 0.827. The first-order valence-electron chi connectivity index (χ1n) is 5.89. The SMILES string of the molecule is Cc1[nH]c(C(=O)c2cccc(Br)c2C)c(C)c1C. The molecule has 0 bridgehead atoms. The number of hydrogen-bond donors (Lipinski definition) is 1. The number of nitrogens with one attached hydrogen (secondary N) is 1. The van der Waals surface area contributed by atoms with Crippen LogP contribution in [0.3, 0.4) is 0 Å². The standard InChI is InChI=1S/C15H16BrNO/c1-8-9(2)14(17-11(8)4)15(18)12-6-5-7-13(16)10(12)3/h5-7,17H,1-4H3. The Kier molecular flexibility index (Phi) is 3.44. The topological polar surface area (TPSA) is 32.9 Å². The molecule has 0 saturated carbocycles. The van der Waals surface area contributed by atoms with Crippen molar-refractivity contribution in [2.24, 2.45) is 0 Å². The maximum absolute atomic E-state index is 12.6. The van der Waals surface area contributed by atoms with E-state index in [2.05, 4.69) is 20.9 Å². The lowest BCUT2D eigenvalue weighted by Gasteiger charge is -2.06. The number of carbonyl (C=O) groups excluding carboxylic acids is 1. The van der Waals surface area contributed by atoms with E-state index in [0.717, 1.165) is 32.4 Å². The van der Waals surface area contributed by atoms with Gasteiger partial charge in [-0.2, -0.15) is 0 Å². The van der Waals surface area contributed by atoms with E-state index in [4.69, 9.17) is 0 Å². The second kappa shape index (κ2) is 4.73. The summed E-state index contributed by atoms with van der Waals surface area (Å²) >= 11 is 3.46. The molecule has 0 fully saturated rings. The van der Waals surface area contributed by atoms with Crippen LogP contribution < -0.4 is 0 Å². The molecule has 0 aliphatic rings. The smallest absolute Gasteiger partial charge is 0.209 e. The van der Waals surface area contributed by atoms with E-state index in [1.54, 1.807) is 0 Å². The van der Waals surface area contributed by atoms with Crippen LogP contribution in [0.25, 0.3) is 0 Å². The minimum absolute atomic E-state index is 0.0579. The van der Waals surface area contributed by atoms with Crippen LogP contribution in [0.2, 0.25) is 0 Å². The summed E-state index contributed by atoms with van der Waals surface area (Å²) in [4.78, 5) is 15.7. The van der Waals surface area contributed by atoms with Gasteiger partial charge in [0.25, 0.3) is 0 Å². The van der Waals surface area contributed by atoms with Crippen LogP contribution >= 0.6 is 15.9 Å². The van der Waals surface area contributed by atoms with Crippen LogP contribution in [-0.4, -0.2) is 10.8 Å². The lowest BCUT2D eigenvalue weighted by atomic mass is 10.0. The van der Waals surface area contributed by atoms with Crippen molar-refractivity contribution < 1.29 is 4.79 Å². The van der Waals surface area contributed by atoms with Gasteiger partial charge in [-0.05, 0) is 50.5 Å². The van der Waals surface area contributed by atoms with Crippen LogP contribution in [0.4, 0.5) is 0 Å². The predicted molar refractivity (Wildman–Crippen MR) is 77.3 cm³/mol. The maximum atomic E-state index is 12.6. The number of carbonyl (C=O) groups is 1. The number of benzene rings is 1. The molecule has 0 saturated heterocycles. The van der Waals surface area contributed by atoms with Gasteiger partial charge in [0.05, 0.1) is 5.69 Å². The van der Waals surface area contributed by atoms with E-state index in [-0.39, 0.29) is 5.78 Å². The summed E-state index contributed by atoms with van der Waals surface area (Å²) in [6.45, 7) is 7.97. The summed E-state index contributed by atoms with van der Waals surface area (Å²) in [6, 6.07) is 5.71. The molecule has 3 heteroatoms. The monoisotopic (exact) mass is 305 g/mol. The van der Waals surface area contributed by atoms with Crippen LogP contribution in [0.15, 0.2) is 22.7 Å². The second-order valence-electron chi connectivity index (χ2n) is 4.62. The molecule has 2 rings (SSSR count). The average molecular weight is 306 g/mol. The molecule has 0 amide bonds. The summed E-state index contributed by atoms with van der Waals surface area (Å²) in [5, 5.41) is 0. The van der Waals surface area contributed by atoms with Crippen molar-refractivity contribution in [3.63, 3.8) is 0 Å². The Balaban J connectivity index is 2.55. The summed E-state index contributed by atoms with van der Waals surface area (Å²) in [5.41, 5.74) is 5.68. The minimum atomic E-state index is 0.0579. The number of halogens is 1. The van der Waals surface area contributed by atoms with Gasteiger partial charge in [0, 0.05) is 15.7 Å². The molecule has 18 heavy (non-hydrogen) atoms. The van der Waals surface area contributed by atoms with Crippen molar-refractivity contribution in [1.82, 2.24) is 4.98 Å². The van der Waals surface area contributed by atoms with Gasteiger partial charge in [-0.25, -0.2) is 0 Å². The molecule has 1 heterocycles. The third-order valence-corrected chi connectivity index (χ3v) is 4.41. The molecule has 1 N–H and O–H groups in total. The zero-order chi connectivity index (χ0) is 13.4. The van der Waals surface area contributed by atoms with Crippen molar-refractivity contribution in [2.45, 2.75) is 27.7 Å². The first kappa shape index (κ1) is 13.1. The molecule has 2 aromatic rings. The van der Waals surface area contributed by atoms with Crippen LogP contribution in [-0.2, 0) is 0 Å². The third-order valence-electron chi connectivity index (χ3n) is 3.55. The number of aromatic amines is 1. The third kappa shape index (κ3) is 2.03. The van der Waals surface area contributed by atoms with Crippen molar-refractivity contribution in [3.8, 4) is 0 Å². The van der Waals surface area contributed by atoms with Crippen molar-refractivity contribution in [1.29, 1.82) is 0 Å². The number of aromatic nitrogens is 1. The Labute approximate surface area is 116 Å². The van der Waals surface area contributed by atoms with E-state index in [0.29, 0.717) is 5.69 Å². The summed E-state index contributed by atoms with van der Waals surface area (Å²) in [5.74, 6) is 0.0579. The van der Waals surface area contributed by atoms with Gasteiger partial charge >= 0.3 is 0 Å². The highest BCUT2D eigenvalue weighted by atomic mass is 79.9. The van der Waals surface area contributed by atoms with Gasteiger partial charge in [-0.15, -0.1) is 0 Å². The molecule has 2 nitrogen and oxygen atoms in total. The van der Waals surface area contributed by atoms with Crippen molar-refractivity contribution >= 4 is 21.7 Å². The van der Waals surface area contributed by atoms with Crippen LogP contribution in [0, 0.1) is 27.7 Å². The molecule has 0 unspecified atom stereocenters. The van der Waals surface area contributed by atoms with E-state index in [1.807, 2.05) is 45.9 Å². The molecule has 0 spiro atoms. The normalized spacial score (nSPS) is 10.7. The summed E-state index contributed by atoms with van der Waals surface area (Å²) in [6.07, 6.45) is 0. The molecule has 0 atom stereocenters. The molecule has 0 radical (unpaired) electrons. The van der Waals surface area contributed by atoms with E-state index >= 15 is 0 Å². The fraction of sp³-hybridized carbons (Fsp3) is 0.267. The second-order valence-corrected chi connectivity index (χ2v) is 5.47. The highest BCUT2D eigenvalue weighted by molar-refractivity contribution is 9.10. The fourth-order valence-electron chi connectivity index (χ4n) is 2.06. The fourth-order valence-corrected chi connectivity index (χ4v) is 2.43. The predicted octanol–water partition coefficient (Wildman–Crippen LogP) is 4.24. The molecular formula is C15H16BrNO. The van der Waals surface area contributed by atoms with Gasteiger partial charge < -0.3 is 4.98 Å². The zero-order valence-electron chi connectivity index (χ0n) is 11.0. The summed E-state index contributed by atoms with van der Waals surface area (Å²) < 4.78 is 0.964. The molecule has 0 aliphatic carbocycles. The van der Waals surface area contributed by atoms with Gasteiger partial charge in [-0.3, -0.25) is 4.79 Å². The van der Waals surface area contributed by atoms with Gasteiger partial charge in [0.15, 0.2) is 0 Å². The highest BCUT2D eigenvalue weighted by Gasteiger charge is 2.18. The molecular weight excluding hydrogens is 290 g/mol. The van der Waals surface area contributed by atoms with E-state index < -0.39 is 0 Å². The largest absolute Gasteiger partial charge is 0.356 e. The zero-order valence-corrected chi connectivity index (χ0v) is 12.6. The van der Waals surface area contributed by atoms with Crippen molar-refractivity contribution in [3.05, 3.63) is 56.3 Å². The summed E-state index contributed by atoms with van der Waals surface area (Å²) in [7, 11) is 0. The number of ketones is 1. The Morgan fingerprint density at radius 2 is 1.72 bits per heavy atom. The van der Waals surface area contributed by atoms with E-state index in [1.165, 1.54) is 0 Å². The Morgan fingerprint density at radius 1 is 1.06 bits per heavy atom. The minimum Gasteiger partial charge on any atom is -0.356 e. The van der Waals surface area contributed by atoms with Crippen LogP contribution in [0.5, 0.6) is 0 Å². The number of rotatable bonds is 2. The maximum Gasteiger partial charge on any atom is 0.209 e. The Morgan fingerprint density at radius 3 is 2.28 bits per heavy atom. The molecule has 0 aliphatic heterocycles. The average Bonchev–Trinajstić information content (AvgIpc) is 2.60. The van der Waals surface area contributed by atoms with Gasteiger partial charge in [0.1, 0.15) is 0 Å². The number of aryl methyl sites for hydroxylation is 1. The lowest BCUT2D eigenvalue weighted by molar-refractivity contribution is 0.103. The first-order valence-corrected chi connectivity index (χ1v) is 6.68. The Bertz CT molecular complexity index is 626. The van der Waals surface area contributed by atoms with Gasteiger partial charge in [0.2, 0.25) is 5.78 Å².